The third kappa shape index (κ3) is 3.68. The Hall–Kier alpha value is -2.18. The number of hydrogen-bond donors (Lipinski definition) is 3. The standard InChI is InChI=1S/C14H22N4O3/c1-6-15-11(19)9-7-8-10(18-17-9)16-14(4,5)13(2,3)12(20)21/h7-8H,6H2,1-5H3,(H,15,19)(H,16,18)(H,20,21). The summed E-state index contributed by atoms with van der Waals surface area (Å²) in [5.41, 5.74) is -1.54. The number of aliphatic carboxylic acids is 1. The maximum atomic E-state index is 11.6. The monoisotopic (exact) mass is 294 g/mol. The van der Waals surface area contributed by atoms with Gasteiger partial charge in [0.2, 0.25) is 0 Å². The number of carboxylic acids is 1. The Bertz CT molecular complexity index is 524. The van der Waals surface area contributed by atoms with E-state index in [1.54, 1.807) is 39.8 Å². The molecule has 1 heterocycles. The van der Waals surface area contributed by atoms with E-state index in [1.165, 1.54) is 0 Å². The van der Waals surface area contributed by atoms with E-state index >= 15 is 0 Å². The molecule has 0 aromatic carbocycles. The first-order chi connectivity index (χ1) is 9.61. The minimum atomic E-state index is -1.01. The molecular weight excluding hydrogens is 272 g/mol. The van der Waals surface area contributed by atoms with Crippen molar-refractivity contribution in [2.75, 3.05) is 11.9 Å². The number of anilines is 1. The minimum absolute atomic E-state index is 0.220. The predicted octanol–water partition coefficient (Wildman–Crippen LogP) is 1.53. The Morgan fingerprint density at radius 3 is 2.24 bits per heavy atom. The van der Waals surface area contributed by atoms with Gasteiger partial charge >= 0.3 is 5.97 Å². The number of aromatic nitrogens is 2. The fourth-order valence-corrected chi connectivity index (χ4v) is 1.51. The van der Waals surface area contributed by atoms with Crippen molar-refractivity contribution < 1.29 is 14.7 Å². The highest BCUT2D eigenvalue weighted by Gasteiger charge is 2.43. The number of carboxylic acid groups (broad SMARTS) is 1. The molecule has 0 bridgehead atoms. The van der Waals surface area contributed by atoms with Crippen molar-refractivity contribution in [2.24, 2.45) is 5.41 Å². The highest BCUT2D eigenvalue weighted by Crippen LogP contribution is 2.33. The van der Waals surface area contributed by atoms with Crippen LogP contribution in [0, 0.1) is 5.41 Å². The summed E-state index contributed by atoms with van der Waals surface area (Å²) in [7, 11) is 0. The van der Waals surface area contributed by atoms with Crippen LogP contribution in [0.1, 0.15) is 45.1 Å². The Labute approximate surface area is 124 Å². The number of amides is 1. The molecule has 0 aliphatic rings. The molecule has 1 rings (SSSR count). The van der Waals surface area contributed by atoms with E-state index in [0.29, 0.717) is 12.4 Å². The normalized spacial score (nSPS) is 11.9. The molecule has 3 N–H and O–H groups in total. The third-order valence-corrected chi connectivity index (χ3v) is 3.77. The topological polar surface area (TPSA) is 104 Å². The van der Waals surface area contributed by atoms with Gasteiger partial charge in [0.05, 0.1) is 5.41 Å². The Morgan fingerprint density at radius 2 is 1.81 bits per heavy atom. The van der Waals surface area contributed by atoms with Crippen molar-refractivity contribution in [2.45, 2.75) is 40.2 Å². The van der Waals surface area contributed by atoms with E-state index in [-0.39, 0.29) is 11.6 Å². The van der Waals surface area contributed by atoms with Crippen molar-refractivity contribution in [3.63, 3.8) is 0 Å². The zero-order valence-corrected chi connectivity index (χ0v) is 13.0. The zero-order valence-electron chi connectivity index (χ0n) is 13.0. The second-order valence-corrected chi connectivity index (χ2v) is 5.84. The van der Waals surface area contributed by atoms with Gasteiger partial charge in [0.15, 0.2) is 5.69 Å². The predicted molar refractivity (Wildman–Crippen MR) is 79.2 cm³/mol. The molecule has 0 aliphatic heterocycles. The molecule has 0 radical (unpaired) electrons. The maximum absolute atomic E-state index is 11.6. The lowest BCUT2D eigenvalue weighted by Gasteiger charge is -2.39. The number of nitrogens with one attached hydrogen (secondary N) is 2. The average molecular weight is 294 g/mol. The molecule has 1 amide bonds. The number of carbonyl (C=O) groups excluding carboxylic acids is 1. The molecule has 0 spiro atoms. The smallest absolute Gasteiger partial charge is 0.311 e. The first-order valence-electron chi connectivity index (χ1n) is 6.75. The van der Waals surface area contributed by atoms with E-state index in [4.69, 9.17) is 0 Å². The van der Waals surface area contributed by atoms with Crippen LogP contribution in [0.5, 0.6) is 0 Å². The molecule has 1 aromatic rings. The van der Waals surface area contributed by atoms with Gasteiger partial charge < -0.3 is 15.7 Å². The third-order valence-electron chi connectivity index (χ3n) is 3.77. The van der Waals surface area contributed by atoms with Crippen LogP contribution >= 0.6 is 0 Å². The van der Waals surface area contributed by atoms with Crippen LogP contribution in [-0.2, 0) is 4.79 Å². The summed E-state index contributed by atoms with van der Waals surface area (Å²) in [4.78, 5) is 22.9. The van der Waals surface area contributed by atoms with E-state index in [9.17, 15) is 14.7 Å². The van der Waals surface area contributed by atoms with Gasteiger partial charge in [-0.05, 0) is 46.8 Å². The molecule has 116 valence electrons. The largest absolute Gasteiger partial charge is 0.481 e. The second-order valence-electron chi connectivity index (χ2n) is 5.84. The van der Waals surface area contributed by atoms with Crippen LogP contribution in [0.25, 0.3) is 0 Å². The quantitative estimate of drug-likeness (QED) is 0.735. The summed E-state index contributed by atoms with van der Waals surface area (Å²) in [5.74, 6) is -0.782. The van der Waals surface area contributed by atoms with Gasteiger partial charge in [0, 0.05) is 12.1 Å². The molecule has 0 aliphatic carbocycles. The minimum Gasteiger partial charge on any atom is -0.481 e. The first kappa shape index (κ1) is 16.9. The van der Waals surface area contributed by atoms with Gasteiger partial charge in [-0.3, -0.25) is 9.59 Å². The van der Waals surface area contributed by atoms with Gasteiger partial charge in [-0.1, -0.05) is 0 Å². The number of rotatable bonds is 6. The summed E-state index contributed by atoms with van der Waals surface area (Å²) in [6.45, 7) is 9.16. The van der Waals surface area contributed by atoms with Gasteiger partial charge in [-0.15, -0.1) is 10.2 Å². The fourth-order valence-electron chi connectivity index (χ4n) is 1.51. The van der Waals surface area contributed by atoms with Crippen molar-refractivity contribution in [3.8, 4) is 0 Å². The Morgan fingerprint density at radius 1 is 1.19 bits per heavy atom. The summed E-state index contributed by atoms with van der Waals surface area (Å²) in [6.07, 6.45) is 0. The van der Waals surface area contributed by atoms with Gasteiger partial charge in [-0.2, -0.15) is 0 Å². The second kappa shape index (κ2) is 6.07. The van der Waals surface area contributed by atoms with E-state index in [1.807, 2.05) is 6.92 Å². The maximum Gasteiger partial charge on any atom is 0.311 e. The SMILES string of the molecule is CCNC(=O)c1ccc(NC(C)(C)C(C)(C)C(=O)O)nn1. The van der Waals surface area contributed by atoms with Crippen molar-refractivity contribution in [1.82, 2.24) is 15.5 Å². The van der Waals surface area contributed by atoms with Crippen LogP contribution in [0.3, 0.4) is 0 Å². The van der Waals surface area contributed by atoms with E-state index in [0.717, 1.165) is 0 Å². The number of carbonyl (C=O) groups is 2. The van der Waals surface area contributed by atoms with Crippen LogP contribution < -0.4 is 10.6 Å². The summed E-state index contributed by atoms with van der Waals surface area (Å²) < 4.78 is 0. The number of nitrogens with zero attached hydrogens (tertiary/aromatic N) is 2. The molecule has 0 unspecified atom stereocenters. The molecule has 21 heavy (non-hydrogen) atoms. The summed E-state index contributed by atoms with van der Waals surface area (Å²) in [6, 6.07) is 3.15. The molecule has 0 atom stereocenters. The van der Waals surface area contributed by atoms with Gasteiger partial charge in [0.25, 0.3) is 5.91 Å². The number of hydrogen-bond acceptors (Lipinski definition) is 5. The molecule has 7 nitrogen and oxygen atoms in total. The molecule has 0 fully saturated rings. The van der Waals surface area contributed by atoms with Crippen LogP contribution in [0.2, 0.25) is 0 Å². The van der Waals surface area contributed by atoms with Crippen LogP contribution in [-0.4, -0.2) is 39.3 Å². The average Bonchev–Trinajstić information content (AvgIpc) is 2.39. The lowest BCUT2D eigenvalue weighted by molar-refractivity contribution is -0.149. The van der Waals surface area contributed by atoms with Crippen molar-refractivity contribution >= 4 is 17.7 Å². The van der Waals surface area contributed by atoms with E-state index in [2.05, 4.69) is 20.8 Å². The Balaban J connectivity index is 2.89. The molecular formula is C14H22N4O3. The van der Waals surface area contributed by atoms with Crippen molar-refractivity contribution in [3.05, 3.63) is 17.8 Å². The summed E-state index contributed by atoms with van der Waals surface area (Å²) in [5, 5.41) is 22.7. The highest BCUT2D eigenvalue weighted by atomic mass is 16.4. The lowest BCUT2D eigenvalue weighted by Crippen LogP contribution is -2.50. The van der Waals surface area contributed by atoms with Gasteiger partial charge in [-0.25, -0.2) is 0 Å². The van der Waals surface area contributed by atoms with Crippen LogP contribution in [0.4, 0.5) is 5.82 Å². The van der Waals surface area contributed by atoms with E-state index < -0.39 is 16.9 Å². The summed E-state index contributed by atoms with van der Waals surface area (Å²) >= 11 is 0. The fraction of sp³-hybridized carbons (Fsp3) is 0.571. The lowest BCUT2D eigenvalue weighted by atomic mass is 9.74. The zero-order chi connectivity index (χ0) is 16.3. The molecule has 0 saturated heterocycles. The molecule has 0 saturated carbocycles. The Kier molecular flexibility index (Phi) is 4.88. The molecule has 1 aromatic heterocycles. The van der Waals surface area contributed by atoms with Gasteiger partial charge in [0.1, 0.15) is 5.82 Å². The first-order valence-corrected chi connectivity index (χ1v) is 6.75. The molecule has 7 heteroatoms. The van der Waals surface area contributed by atoms with Crippen LogP contribution in [0.15, 0.2) is 12.1 Å². The van der Waals surface area contributed by atoms with Crippen molar-refractivity contribution in [1.29, 1.82) is 0 Å². The highest BCUT2D eigenvalue weighted by molar-refractivity contribution is 5.92.